The number of rotatable bonds is 4. The van der Waals surface area contributed by atoms with Crippen LogP contribution in [-0.2, 0) is 10.0 Å². The minimum atomic E-state index is -3.81. The fourth-order valence-electron chi connectivity index (χ4n) is 3.52. The molecule has 5 nitrogen and oxygen atoms in total. The molecule has 0 radical (unpaired) electrons. The smallest absolute Gasteiger partial charge is 0.261 e. The Labute approximate surface area is 159 Å². The maximum Gasteiger partial charge on any atom is 0.261 e. The molecule has 2 aromatic rings. The Morgan fingerprint density at radius 1 is 1.00 bits per heavy atom. The van der Waals surface area contributed by atoms with Crippen molar-refractivity contribution in [3.05, 3.63) is 59.9 Å². The summed E-state index contributed by atoms with van der Waals surface area (Å²) >= 11 is 0. The Morgan fingerprint density at radius 2 is 1.56 bits per heavy atom. The van der Waals surface area contributed by atoms with Crippen LogP contribution >= 0.6 is 0 Å². The normalized spacial score (nSPS) is 20.3. The lowest BCUT2D eigenvalue weighted by Crippen LogP contribution is -2.42. The van der Waals surface area contributed by atoms with E-state index in [-0.39, 0.29) is 16.5 Å². The van der Waals surface area contributed by atoms with Gasteiger partial charge in [0.25, 0.3) is 15.9 Å². The van der Waals surface area contributed by atoms with Crippen molar-refractivity contribution >= 4 is 21.6 Å². The predicted octanol–water partition coefficient (Wildman–Crippen LogP) is 3.74. The molecule has 2 unspecified atom stereocenters. The van der Waals surface area contributed by atoms with Crippen LogP contribution in [0.15, 0.2) is 53.4 Å². The Hall–Kier alpha value is -2.41. The maximum atomic E-state index is 13.0. The van der Waals surface area contributed by atoms with Gasteiger partial charge in [-0.25, -0.2) is 12.8 Å². The van der Waals surface area contributed by atoms with Crippen LogP contribution in [0.2, 0.25) is 0 Å². The standard InChI is InChI=1S/C20H23FN2O3S/c1-14-11-15(2)13-23(12-14)20(24)16-3-9-19(10-4-16)27(25,26)22-18-7-5-17(21)6-8-18/h3-10,14-15,22H,11-13H2,1-2H3. The number of nitrogens with one attached hydrogen (secondary N) is 1. The van der Waals surface area contributed by atoms with E-state index < -0.39 is 15.8 Å². The molecule has 144 valence electrons. The average molecular weight is 390 g/mol. The molecule has 0 bridgehead atoms. The lowest BCUT2D eigenvalue weighted by molar-refractivity contribution is 0.0623. The summed E-state index contributed by atoms with van der Waals surface area (Å²) in [6.45, 7) is 5.70. The predicted molar refractivity (Wildman–Crippen MR) is 102 cm³/mol. The summed E-state index contributed by atoms with van der Waals surface area (Å²) in [7, 11) is -3.81. The van der Waals surface area contributed by atoms with Crippen molar-refractivity contribution in [3.8, 4) is 0 Å². The van der Waals surface area contributed by atoms with Crippen LogP contribution in [0.3, 0.4) is 0 Å². The van der Waals surface area contributed by atoms with E-state index in [9.17, 15) is 17.6 Å². The van der Waals surface area contributed by atoms with Crippen molar-refractivity contribution in [3.63, 3.8) is 0 Å². The fraction of sp³-hybridized carbons (Fsp3) is 0.350. The zero-order valence-electron chi connectivity index (χ0n) is 15.4. The molecule has 0 aromatic heterocycles. The molecule has 2 aromatic carbocycles. The molecule has 0 saturated carbocycles. The number of amides is 1. The zero-order chi connectivity index (χ0) is 19.6. The van der Waals surface area contributed by atoms with Gasteiger partial charge in [-0.15, -0.1) is 0 Å². The number of piperidine rings is 1. The van der Waals surface area contributed by atoms with Gasteiger partial charge in [0.15, 0.2) is 0 Å². The largest absolute Gasteiger partial charge is 0.338 e. The fourth-order valence-corrected chi connectivity index (χ4v) is 4.58. The van der Waals surface area contributed by atoms with E-state index in [1.54, 1.807) is 0 Å². The van der Waals surface area contributed by atoms with E-state index in [1.807, 2.05) is 4.90 Å². The number of hydrogen-bond donors (Lipinski definition) is 1. The third kappa shape index (κ3) is 4.66. The Kier molecular flexibility index (Phi) is 5.51. The molecule has 1 aliphatic rings. The molecule has 1 aliphatic heterocycles. The monoisotopic (exact) mass is 390 g/mol. The summed E-state index contributed by atoms with van der Waals surface area (Å²) in [5, 5.41) is 0. The van der Waals surface area contributed by atoms with Crippen LogP contribution in [0.1, 0.15) is 30.6 Å². The summed E-state index contributed by atoms with van der Waals surface area (Å²) in [5.41, 5.74) is 0.741. The summed E-state index contributed by atoms with van der Waals surface area (Å²) < 4.78 is 40.3. The number of carbonyl (C=O) groups is 1. The molecule has 0 aliphatic carbocycles. The van der Waals surface area contributed by atoms with Crippen LogP contribution in [0.25, 0.3) is 0 Å². The molecule has 1 saturated heterocycles. The van der Waals surface area contributed by atoms with Gasteiger partial charge in [0, 0.05) is 24.3 Å². The molecule has 1 amide bonds. The number of anilines is 1. The molecular formula is C20H23FN2O3S. The Morgan fingerprint density at radius 3 is 2.11 bits per heavy atom. The molecule has 1 N–H and O–H groups in total. The van der Waals surface area contributed by atoms with E-state index in [0.29, 0.717) is 17.4 Å². The first kappa shape index (κ1) is 19.4. The molecule has 1 heterocycles. The second-order valence-corrected chi connectivity index (χ2v) is 8.98. The third-order valence-corrected chi connectivity index (χ3v) is 6.06. The van der Waals surface area contributed by atoms with Crippen LogP contribution in [0.4, 0.5) is 10.1 Å². The van der Waals surface area contributed by atoms with E-state index >= 15 is 0 Å². The third-order valence-electron chi connectivity index (χ3n) is 4.66. The number of carbonyl (C=O) groups excluding carboxylic acids is 1. The van der Waals surface area contributed by atoms with Crippen molar-refractivity contribution in [1.29, 1.82) is 0 Å². The number of nitrogens with zero attached hydrogens (tertiary/aromatic N) is 1. The number of sulfonamides is 1. The number of halogens is 1. The highest BCUT2D eigenvalue weighted by Gasteiger charge is 2.26. The van der Waals surface area contributed by atoms with Crippen LogP contribution < -0.4 is 4.72 Å². The molecule has 2 atom stereocenters. The first-order valence-electron chi connectivity index (χ1n) is 8.92. The van der Waals surface area contributed by atoms with Gasteiger partial charge in [-0.05, 0) is 66.8 Å². The van der Waals surface area contributed by atoms with E-state index in [4.69, 9.17) is 0 Å². The zero-order valence-corrected chi connectivity index (χ0v) is 16.2. The van der Waals surface area contributed by atoms with E-state index in [1.165, 1.54) is 48.5 Å². The van der Waals surface area contributed by atoms with Gasteiger partial charge < -0.3 is 4.90 Å². The van der Waals surface area contributed by atoms with Gasteiger partial charge in [0.2, 0.25) is 0 Å². The van der Waals surface area contributed by atoms with Gasteiger partial charge >= 0.3 is 0 Å². The minimum Gasteiger partial charge on any atom is -0.338 e. The van der Waals surface area contributed by atoms with Crippen molar-refractivity contribution in [2.45, 2.75) is 25.2 Å². The first-order chi connectivity index (χ1) is 12.7. The quantitative estimate of drug-likeness (QED) is 0.865. The van der Waals surface area contributed by atoms with Gasteiger partial charge in [-0.2, -0.15) is 0 Å². The van der Waals surface area contributed by atoms with Crippen molar-refractivity contribution in [2.24, 2.45) is 11.8 Å². The van der Waals surface area contributed by atoms with Crippen molar-refractivity contribution < 1.29 is 17.6 Å². The second kappa shape index (κ2) is 7.68. The number of likely N-dealkylation sites (tertiary alicyclic amines) is 1. The highest BCUT2D eigenvalue weighted by Crippen LogP contribution is 2.23. The Balaban J connectivity index is 1.74. The number of benzene rings is 2. The van der Waals surface area contributed by atoms with Crippen LogP contribution in [0, 0.1) is 17.7 Å². The maximum absolute atomic E-state index is 13.0. The molecule has 7 heteroatoms. The Bertz CT molecular complexity index is 901. The highest BCUT2D eigenvalue weighted by molar-refractivity contribution is 7.92. The van der Waals surface area contributed by atoms with Crippen molar-refractivity contribution in [1.82, 2.24) is 4.90 Å². The first-order valence-corrected chi connectivity index (χ1v) is 10.4. The van der Waals surface area contributed by atoms with Gasteiger partial charge in [0.05, 0.1) is 4.90 Å². The van der Waals surface area contributed by atoms with Gasteiger partial charge in [-0.1, -0.05) is 13.8 Å². The van der Waals surface area contributed by atoms with E-state index in [2.05, 4.69) is 18.6 Å². The molecule has 1 fully saturated rings. The average Bonchev–Trinajstić information content (AvgIpc) is 2.62. The van der Waals surface area contributed by atoms with Crippen molar-refractivity contribution in [2.75, 3.05) is 17.8 Å². The molecule has 27 heavy (non-hydrogen) atoms. The summed E-state index contributed by atoms with van der Waals surface area (Å²) in [4.78, 5) is 14.6. The lowest BCUT2D eigenvalue weighted by Gasteiger charge is -2.35. The van der Waals surface area contributed by atoms with Crippen LogP contribution in [0.5, 0.6) is 0 Å². The molecule has 0 spiro atoms. The lowest BCUT2D eigenvalue weighted by atomic mass is 9.91. The van der Waals surface area contributed by atoms with Crippen LogP contribution in [-0.4, -0.2) is 32.3 Å². The summed E-state index contributed by atoms with van der Waals surface area (Å²) in [5.74, 6) is 0.389. The highest BCUT2D eigenvalue weighted by atomic mass is 32.2. The SMILES string of the molecule is CC1CC(C)CN(C(=O)c2ccc(S(=O)(=O)Nc3ccc(F)cc3)cc2)C1. The number of hydrogen-bond acceptors (Lipinski definition) is 3. The minimum absolute atomic E-state index is 0.0451. The second-order valence-electron chi connectivity index (χ2n) is 7.29. The molecular weight excluding hydrogens is 367 g/mol. The van der Waals surface area contributed by atoms with Gasteiger partial charge in [-0.3, -0.25) is 9.52 Å². The summed E-state index contributed by atoms with van der Waals surface area (Å²) in [6.07, 6.45) is 1.11. The summed E-state index contributed by atoms with van der Waals surface area (Å²) in [6, 6.07) is 11.0. The van der Waals surface area contributed by atoms with E-state index in [0.717, 1.165) is 19.5 Å². The molecule has 3 rings (SSSR count). The topological polar surface area (TPSA) is 66.5 Å². The van der Waals surface area contributed by atoms with Gasteiger partial charge in [0.1, 0.15) is 5.82 Å².